The lowest BCUT2D eigenvalue weighted by molar-refractivity contribution is 0.413. The third-order valence-electron chi connectivity index (χ3n) is 3.77. The van der Waals surface area contributed by atoms with Gasteiger partial charge < -0.3 is 14.5 Å². The van der Waals surface area contributed by atoms with Crippen molar-refractivity contribution in [1.82, 2.24) is 0 Å². The normalized spacial score (nSPS) is 15.2. The average molecular weight is 267 g/mol. The Labute approximate surface area is 120 Å². The standard InChI is InChI=1S/C17H19N2O/c1-20-17-10-6-5-9-16(17)19-13-11-18(12-14-19)15-7-3-2-4-8-15/h3-10H,11-14H2,1H3. The molecule has 0 atom stereocenters. The van der Waals surface area contributed by atoms with Crippen LogP contribution in [0.2, 0.25) is 0 Å². The molecule has 1 radical (unpaired) electrons. The SMILES string of the molecule is COc1ccccc1N1CCN(c2cc[c]cc2)CC1. The summed E-state index contributed by atoms with van der Waals surface area (Å²) in [5.41, 5.74) is 2.47. The Morgan fingerprint density at radius 1 is 0.900 bits per heavy atom. The van der Waals surface area contributed by atoms with Gasteiger partial charge >= 0.3 is 0 Å². The summed E-state index contributed by atoms with van der Waals surface area (Å²) >= 11 is 0. The van der Waals surface area contributed by atoms with Crippen LogP contribution in [0.25, 0.3) is 0 Å². The maximum absolute atomic E-state index is 5.45. The minimum absolute atomic E-state index is 0.954. The van der Waals surface area contributed by atoms with Crippen molar-refractivity contribution in [3.05, 3.63) is 54.6 Å². The van der Waals surface area contributed by atoms with Gasteiger partial charge in [-0.1, -0.05) is 24.3 Å². The minimum atomic E-state index is 0.954. The van der Waals surface area contributed by atoms with E-state index in [0.29, 0.717) is 0 Å². The molecule has 0 N–H and O–H groups in total. The largest absolute Gasteiger partial charge is 0.495 e. The van der Waals surface area contributed by atoms with Crippen molar-refractivity contribution in [2.75, 3.05) is 43.1 Å². The molecule has 0 aliphatic carbocycles. The topological polar surface area (TPSA) is 15.7 Å². The van der Waals surface area contributed by atoms with Gasteiger partial charge in [-0.05, 0) is 30.3 Å². The van der Waals surface area contributed by atoms with Crippen molar-refractivity contribution < 1.29 is 4.74 Å². The smallest absolute Gasteiger partial charge is 0.142 e. The third-order valence-corrected chi connectivity index (χ3v) is 3.77. The van der Waals surface area contributed by atoms with Crippen LogP contribution in [-0.4, -0.2) is 33.3 Å². The Balaban J connectivity index is 1.70. The average Bonchev–Trinajstić information content (AvgIpc) is 2.56. The fourth-order valence-corrected chi connectivity index (χ4v) is 2.69. The monoisotopic (exact) mass is 267 g/mol. The van der Waals surface area contributed by atoms with Crippen LogP contribution in [0.1, 0.15) is 0 Å². The van der Waals surface area contributed by atoms with E-state index in [1.807, 2.05) is 24.3 Å². The number of hydrogen-bond donors (Lipinski definition) is 0. The molecular formula is C17H19N2O. The maximum Gasteiger partial charge on any atom is 0.142 e. The first-order valence-corrected chi connectivity index (χ1v) is 6.97. The highest BCUT2D eigenvalue weighted by Gasteiger charge is 2.19. The predicted octanol–water partition coefficient (Wildman–Crippen LogP) is 2.82. The quantitative estimate of drug-likeness (QED) is 0.850. The zero-order valence-corrected chi connectivity index (χ0v) is 11.7. The van der Waals surface area contributed by atoms with Gasteiger partial charge in [0.2, 0.25) is 0 Å². The molecule has 3 heteroatoms. The van der Waals surface area contributed by atoms with E-state index in [1.165, 1.54) is 11.4 Å². The molecule has 1 aliphatic heterocycles. The highest BCUT2D eigenvalue weighted by Crippen LogP contribution is 2.29. The lowest BCUT2D eigenvalue weighted by Gasteiger charge is -2.37. The van der Waals surface area contributed by atoms with E-state index in [-0.39, 0.29) is 0 Å². The van der Waals surface area contributed by atoms with Crippen molar-refractivity contribution in [3.63, 3.8) is 0 Å². The summed E-state index contributed by atoms with van der Waals surface area (Å²) < 4.78 is 5.45. The van der Waals surface area contributed by atoms with Crippen molar-refractivity contribution >= 4 is 11.4 Å². The summed E-state index contributed by atoms with van der Waals surface area (Å²) in [7, 11) is 1.73. The summed E-state index contributed by atoms with van der Waals surface area (Å²) in [4.78, 5) is 4.81. The molecule has 0 aromatic heterocycles. The van der Waals surface area contributed by atoms with Crippen LogP contribution in [0.3, 0.4) is 0 Å². The number of para-hydroxylation sites is 2. The molecule has 103 valence electrons. The zero-order valence-electron chi connectivity index (χ0n) is 11.7. The first kappa shape index (κ1) is 12.9. The number of ether oxygens (including phenoxy) is 1. The lowest BCUT2D eigenvalue weighted by Crippen LogP contribution is -2.46. The van der Waals surface area contributed by atoms with Gasteiger partial charge in [-0.15, -0.1) is 0 Å². The fraction of sp³-hybridized carbons (Fsp3) is 0.294. The Morgan fingerprint density at radius 3 is 2.25 bits per heavy atom. The van der Waals surface area contributed by atoms with Crippen LogP contribution in [-0.2, 0) is 0 Å². The zero-order chi connectivity index (χ0) is 13.8. The summed E-state index contributed by atoms with van der Waals surface area (Å²) in [6.07, 6.45) is 0. The van der Waals surface area contributed by atoms with E-state index < -0.39 is 0 Å². The first-order chi connectivity index (χ1) is 9.88. The van der Waals surface area contributed by atoms with Crippen molar-refractivity contribution in [1.29, 1.82) is 0 Å². The highest BCUT2D eigenvalue weighted by molar-refractivity contribution is 5.59. The highest BCUT2D eigenvalue weighted by atomic mass is 16.5. The molecule has 2 aromatic rings. The van der Waals surface area contributed by atoms with E-state index >= 15 is 0 Å². The molecule has 3 nitrogen and oxygen atoms in total. The molecule has 1 fully saturated rings. The minimum Gasteiger partial charge on any atom is -0.495 e. The van der Waals surface area contributed by atoms with E-state index in [4.69, 9.17) is 4.74 Å². The predicted molar refractivity (Wildman–Crippen MR) is 82.7 cm³/mol. The Hall–Kier alpha value is -2.16. The Morgan fingerprint density at radius 2 is 1.55 bits per heavy atom. The van der Waals surface area contributed by atoms with Gasteiger partial charge in [-0.25, -0.2) is 0 Å². The summed E-state index contributed by atoms with van der Waals surface area (Å²) in [5, 5.41) is 0. The Bertz CT molecular complexity index is 548. The number of benzene rings is 2. The molecule has 0 saturated carbocycles. The van der Waals surface area contributed by atoms with Gasteiger partial charge in [0, 0.05) is 31.9 Å². The van der Waals surface area contributed by atoms with E-state index in [1.54, 1.807) is 7.11 Å². The summed E-state index contributed by atoms with van der Waals surface area (Å²) in [5.74, 6) is 0.954. The first-order valence-electron chi connectivity index (χ1n) is 6.97. The van der Waals surface area contributed by atoms with Crippen LogP contribution in [0.15, 0.2) is 48.5 Å². The van der Waals surface area contributed by atoms with Gasteiger partial charge in [0.15, 0.2) is 0 Å². The molecule has 0 spiro atoms. The molecule has 1 heterocycles. The summed E-state index contributed by atoms with van der Waals surface area (Å²) in [6.45, 7) is 4.09. The number of nitrogens with zero attached hydrogens (tertiary/aromatic N) is 2. The van der Waals surface area contributed by atoms with Crippen LogP contribution >= 0.6 is 0 Å². The van der Waals surface area contributed by atoms with Crippen molar-refractivity contribution in [2.24, 2.45) is 0 Å². The molecule has 20 heavy (non-hydrogen) atoms. The van der Waals surface area contributed by atoms with Crippen LogP contribution in [0.4, 0.5) is 11.4 Å². The molecule has 0 bridgehead atoms. The van der Waals surface area contributed by atoms with Gasteiger partial charge in [-0.2, -0.15) is 0 Å². The van der Waals surface area contributed by atoms with Crippen LogP contribution in [0.5, 0.6) is 5.75 Å². The van der Waals surface area contributed by atoms with Crippen LogP contribution in [0, 0.1) is 6.07 Å². The number of piperazine rings is 1. The van der Waals surface area contributed by atoms with Crippen molar-refractivity contribution in [2.45, 2.75) is 0 Å². The van der Waals surface area contributed by atoms with E-state index in [2.05, 4.69) is 40.1 Å². The number of hydrogen-bond acceptors (Lipinski definition) is 3. The third kappa shape index (κ3) is 2.57. The number of methoxy groups -OCH3 is 1. The Kier molecular flexibility index (Phi) is 3.77. The van der Waals surface area contributed by atoms with Crippen LogP contribution < -0.4 is 14.5 Å². The van der Waals surface area contributed by atoms with Crippen molar-refractivity contribution in [3.8, 4) is 5.75 Å². The maximum atomic E-state index is 5.45. The van der Waals surface area contributed by atoms with Gasteiger partial charge in [0.1, 0.15) is 5.75 Å². The van der Waals surface area contributed by atoms with E-state index in [0.717, 1.165) is 31.9 Å². The fourth-order valence-electron chi connectivity index (χ4n) is 2.69. The molecular weight excluding hydrogens is 248 g/mol. The van der Waals surface area contributed by atoms with Gasteiger partial charge in [0.25, 0.3) is 0 Å². The van der Waals surface area contributed by atoms with E-state index in [9.17, 15) is 0 Å². The summed E-state index contributed by atoms with van der Waals surface area (Å²) in [6, 6.07) is 19.5. The molecule has 2 aromatic carbocycles. The lowest BCUT2D eigenvalue weighted by atomic mass is 10.2. The number of anilines is 2. The molecule has 1 saturated heterocycles. The molecule has 0 amide bonds. The molecule has 0 unspecified atom stereocenters. The second-order valence-electron chi connectivity index (χ2n) is 4.90. The van der Waals surface area contributed by atoms with Gasteiger partial charge in [0.05, 0.1) is 12.8 Å². The molecule has 1 aliphatic rings. The second kappa shape index (κ2) is 5.87. The van der Waals surface area contributed by atoms with Gasteiger partial charge in [-0.3, -0.25) is 0 Å². The molecule has 3 rings (SSSR count). The number of rotatable bonds is 3. The second-order valence-corrected chi connectivity index (χ2v) is 4.90.